The zero-order valence-corrected chi connectivity index (χ0v) is 21.2. The van der Waals surface area contributed by atoms with Crippen LogP contribution in [0.2, 0.25) is 5.02 Å². The van der Waals surface area contributed by atoms with Crippen molar-refractivity contribution >= 4 is 40.8 Å². The Morgan fingerprint density at radius 2 is 1.79 bits per heavy atom. The Labute approximate surface area is 226 Å². The van der Waals surface area contributed by atoms with Crippen molar-refractivity contribution in [1.29, 1.82) is 0 Å². The summed E-state index contributed by atoms with van der Waals surface area (Å²) in [5.74, 6) is -5.17. The van der Waals surface area contributed by atoms with Gasteiger partial charge in [0, 0.05) is 54.0 Å². The molecule has 1 saturated carbocycles. The molecular weight excluding hydrogens is 535 g/mol. The molecule has 1 N–H and O–H groups in total. The number of anilines is 2. The van der Waals surface area contributed by atoms with Crippen LogP contribution in [0.3, 0.4) is 0 Å². The topological polar surface area (TPSA) is 95.5 Å². The Morgan fingerprint density at radius 3 is 2.46 bits per heavy atom. The van der Waals surface area contributed by atoms with Crippen LogP contribution < -0.4 is 15.1 Å². The van der Waals surface area contributed by atoms with Crippen molar-refractivity contribution in [2.45, 2.75) is 43.3 Å². The van der Waals surface area contributed by atoms with Crippen LogP contribution in [-0.2, 0) is 14.4 Å². The van der Waals surface area contributed by atoms with Gasteiger partial charge in [0.25, 0.3) is 11.8 Å². The van der Waals surface area contributed by atoms with Gasteiger partial charge >= 0.3 is 0 Å². The van der Waals surface area contributed by atoms with Crippen molar-refractivity contribution < 1.29 is 27.6 Å². The van der Waals surface area contributed by atoms with Crippen LogP contribution in [-0.4, -0.2) is 52.1 Å². The minimum atomic E-state index is -2.89. The molecule has 8 nitrogen and oxygen atoms in total. The lowest BCUT2D eigenvalue weighted by atomic mass is 9.87. The number of benzene rings is 2. The second-order valence-electron chi connectivity index (χ2n) is 9.52. The Kier molecular flexibility index (Phi) is 7.26. The molecule has 1 saturated heterocycles. The highest BCUT2D eigenvalue weighted by atomic mass is 35.5. The van der Waals surface area contributed by atoms with Gasteiger partial charge in [0.2, 0.25) is 11.9 Å². The van der Waals surface area contributed by atoms with Crippen LogP contribution in [0.25, 0.3) is 0 Å². The number of hydrogen-bond acceptors (Lipinski definition) is 6. The Balaban J connectivity index is 1.60. The van der Waals surface area contributed by atoms with E-state index in [0.717, 1.165) is 11.0 Å². The van der Waals surface area contributed by atoms with Crippen molar-refractivity contribution in [3.8, 4) is 0 Å². The third kappa shape index (κ3) is 5.58. The zero-order valence-electron chi connectivity index (χ0n) is 20.4. The van der Waals surface area contributed by atoms with E-state index in [2.05, 4.69) is 15.3 Å². The van der Waals surface area contributed by atoms with E-state index in [9.17, 15) is 27.6 Å². The highest BCUT2D eigenvalue weighted by Crippen LogP contribution is 2.39. The highest BCUT2D eigenvalue weighted by Gasteiger charge is 2.48. The molecule has 2 aliphatic rings. The summed E-state index contributed by atoms with van der Waals surface area (Å²) in [5.41, 5.74) is 0.222. The van der Waals surface area contributed by atoms with E-state index >= 15 is 0 Å². The van der Waals surface area contributed by atoms with Crippen molar-refractivity contribution in [1.82, 2.24) is 15.3 Å². The fourth-order valence-electron chi connectivity index (χ4n) is 4.89. The quantitative estimate of drug-likeness (QED) is 0.470. The zero-order chi connectivity index (χ0) is 27.7. The SMILES string of the molecule is O=C1C[C@@H](C(=O)N(c2cccc(F)c2)[C@H](C(=O)NC2CC(F)(F)C2)c2ccccc2Cl)N(c2ncccn2)C1. The smallest absolute Gasteiger partial charge is 0.252 e. The number of nitrogens with one attached hydrogen (secondary N) is 1. The number of halogens is 4. The Bertz CT molecular complexity index is 1400. The van der Waals surface area contributed by atoms with E-state index in [4.69, 9.17) is 11.6 Å². The van der Waals surface area contributed by atoms with Crippen LogP contribution in [0.15, 0.2) is 67.0 Å². The van der Waals surface area contributed by atoms with Gasteiger partial charge in [0.05, 0.1) is 6.54 Å². The van der Waals surface area contributed by atoms with Gasteiger partial charge in [-0.3, -0.25) is 19.3 Å². The summed E-state index contributed by atoms with van der Waals surface area (Å²) in [6.07, 6.45) is 1.64. The number of carbonyl (C=O) groups is 3. The van der Waals surface area contributed by atoms with Crippen molar-refractivity contribution in [2.24, 2.45) is 0 Å². The van der Waals surface area contributed by atoms with Gasteiger partial charge in [-0.1, -0.05) is 35.9 Å². The number of carbonyl (C=O) groups excluding carboxylic acids is 3. The van der Waals surface area contributed by atoms with Gasteiger partial charge in [0.15, 0.2) is 5.78 Å². The maximum absolute atomic E-state index is 14.4. The normalized spacial score (nSPS) is 19.3. The number of alkyl halides is 2. The third-order valence-corrected chi connectivity index (χ3v) is 7.05. The summed E-state index contributed by atoms with van der Waals surface area (Å²) in [6, 6.07) is 9.54. The number of ketones is 1. The molecule has 0 spiro atoms. The molecule has 2 aromatic carbocycles. The third-order valence-electron chi connectivity index (χ3n) is 6.70. The number of hydrogen-bond donors (Lipinski definition) is 1. The maximum atomic E-state index is 14.4. The number of Topliss-reactive ketones (excluding diaryl/α,β-unsaturated/α-hetero) is 1. The first-order chi connectivity index (χ1) is 18.6. The van der Waals surface area contributed by atoms with Gasteiger partial charge in [-0.05, 0) is 30.3 Å². The minimum Gasteiger partial charge on any atom is -0.351 e. The predicted octanol–water partition coefficient (Wildman–Crippen LogP) is 4.11. The molecule has 12 heteroatoms. The molecule has 2 amide bonds. The number of amides is 2. The molecule has 0 radical (unpaired) electrons. The standard InChI is InChI=1S/C27H23ClF3N5O3/c28-21-8-2-1-7-20(21)23(24(38)34-17-13-27(30,31)14-17)36(18-6-3-5-16(29)11-18)25(39)22-12-19(37)15-35(22)26-32-9-4-10-33-26/h1-11,17,22-23H,12-15H2,(H,34,38)/t22-,23-/m0/s1. The first-order valence-electron chi connectivity index (χ1n) is 12.2. The van der Waals surface area contributed by atoms with Gasteiger partial charge in [-0.15, -0.1) is 0 Å². The molecule has 2 atom stereocenters. The van der Waals surface area contributed by atoms with Crippen LogP contribution in [0, 0.1) is 5.82 Å². The molecular formula is C27H23ClF3N5O3. The molecule has 1 aliphatic heterocycles. The fourth-order valence-corrected chi connectivity index (χ4v) is 5.13. The molecule has 39 heavy (non-hydrogen) atoms. The van der Waals surface area contributed by atoms with E-state index in [1.807, 2.05) is 0 Å². The molecule has 0 unspecified atom stereocenters. The number of rotatable bonds is 7. The van der Waals surface area contributed by atoms with Gasteiger partial charge in [-0.25, -0.2) is 23.1 Å². The van der Waals surface area contributed by atoms with E-state index in [0.29, 0.717) is 0 Å². The summed E-state index contributed by atoms with van der Waals surface area (Å²) in [7, 11) is 0. The van der Waals surface area contributed by atoms with Crippen LogP contribution >= 0.6 is 11.6 Å². The van der Waals surface area contributed by atoms with Crippen molar-refractivity contribution in [3.05, 3.63) is 83.4 Å². The predicted molar refractivity (Wildman–Crippen MR) is 137 cm³/mol. The second-order valence-corrected chi connectivity index (χ2v) is 9.92. The Hall–Kier alpha value is -3.99. The van der Waals surface area contributed by atoms with Crippen molar-refractivity contribution in [2.75, 3.05) is 16.3 Å². The lowest BCUT2D eigenvalue weighted by Gasteiger charge is -2.39. The van der Waals surface area contributed by atoms with Crippen LogP contribution in [0.5, 0.6) is 0 Å². The average molecular weight is 558 g/mol. The van der Waals surface area contributed by atoms with E-state index in [-0.39, 0.29) is 41.0 Å². The lowest BCUT2D eigenvalue weighted by molar-refractivity contribution is -0.133. The number of nitrogens with zero attached hydrogens (tertiary/aromatic N) is 4. The first-order valence-corrected chi connectivity index (χ1v) is 12.6. The molecule has 5 rings (SSSR count). The average Bonchev–Trinajstić information content (AvgIpc) is 3.28. The summed E-state index contributed by atoms with van der Waals surface area (Å²) >= 11 is 6.47. The molecule has 2 heterocycles. The van der Waals surface area contributed by atoms with Gasteiger partial charge < -0.3 is 10.2 Å². The molecule has 2 fully saturated rings. The second kappa shape index (κ2) is 10.6. The van der Waals surface area contributed by atoms with E-state index in [1.165, 1.54) is 47.6 Å². The lowest BCUT2D eigenvalue weighted by Crippen LogP contribution is -2.56. The van der Waals surface area contributed by atoms with Crippen molar-refractivity contribution in [3.63, 3.8) is 0 Å². The largest absolute Gasteiger partial charge is 0.351 e. The number of aromatic nitrogens is 2. The highest BCUT2D eigenvalue weighted by molar-refractivity contribution is 6.31. The first kappa shape index (κ1) is 26.6. The fraction of sp³-hybridized carbons (Fsp3) is 0.296. The molecule has 1 aliphatic carbocycles. The van der Waals surface area contributed by atoms with E-state index < -0.39 is 54.5 Å². The van der Waals surface area contributed by atoms with Crippen LogP contribution in [0.4, 0.5) is 24.8 Å². The van der Waals surface area contributed by atoms with E-state index in [1.54, 1.807) is 18.2 Å². The summed E-state index contributed by atoms with van der Waals surface area (Å²) < 4.78 is 41.5. The Morgan fingerprint density at radius 1 is 1.08 bits per heavy atom. The maximum Gasteiger partial charge on any atom is 0.252 e. The minimum absolute atomic E-state index is 0.0206. The summed E-state index contributed by atoms with van der Waals surface area (Å²) in [5, 5.41) is 2.73. The summed E-state index contributed by atoms with van der Waals surface area (Å²) in [4.78, 5) is 51.4. The molecule has 1 aromatic heterocycles. The monoisotopic (exact) mass is 557 g/mol. The molecule has 202 valence electrons. The van der Waals surface area contributed by atoms with Crippen LogP contribution in [0.1, 0.15) is 30.9 Å². The van der Waals surface area contributed by atoms with Gasteiger partial charge in [-0.2, -0.15) is 0 Å². The molecule has 0 bridgehead atoms. The summed E-state index contributed by atoms with van der Waals surface area (Å²) in [6.45, 7) is -0.141. The van der Waals surface area contributed by atoms with Gasteiger partial charge in [0.1, 0.15) is 17.9 Å². The molecule has 3 aromatic rings.